The Hall–Kier alpha value is -3.00. The number of ether oxygens (including phenoxy) is 1. The number of benzene rings is 2. The number of carbonyl (C=O) groups excluding carboxylic acids is 1. The Balaban J connectivity index is 1.76. The predicted octanol–water partition coefficient (Wildman–Crippen LogP) is 3.68. The third-order valence-electron chi connectivity index (χ3n) is 3.71. The Labute approximate surface area is 142 Å². The highest BCUT2D eigenvalue weighted by molar-refractivity contribution is 5.89. The molecule has 0 unspecified atom stereocenters. The van der Waals surface area contributed by atoms with Crippen LogP contribution in [0, 0.1) is 32.1 Å². The van der Waals surface area contributed by atoms with Crippen molar-refractivity contribution in [2.45, 2.75) is 20.8 Å². The van der Waals surface area contributed by atoms with Gasteiger partial charge in [0.2, 0.25) is 0 Å². The van der Waals surface area contributed by atoms with Crippen molar-refractivity contribution >= 4 is 11.7 Å². The van der Waals surface area contributed by atoms with E-state index < -0.39 is 0 Å². The normalized spacial score (nSPS) is 9.92. The number of rotatable bonds is 5. The van der Waals surface area contributed by atoms with Crippen molar-refractivity contribution in [3.63, 3.8) is 0 Å². The van der Waals surface area contributed by atoms with E-state index in [0.29, 0.717) is 24.4 Å². The Morgan fingerprint density at radius 3 is 2.42 bits per heavy atom. The molecule has 0 saturated heterocycles. The summed E-state index contributed by atoms with van der Waals surface area (Å²) in [5, 5.41) is 14.2. The van der Waals surface area contributed by atoms with Gasteiger partial charge in [0, 0.05) is 5.69 Å². The Morgan fingerprint density at radius 2 is 1.75 bits per heavy atom. The largest absolute Gasteiger partial charge is 0.491 e. The summed E-state index contributed by atoms with van der Waals surface area (Å²) in [4.78, 5) is 11.8. The molecule has 0 spiro atoms. The molecular formula is C19H21N3O2. The van der Waals surface area contributed by atoms with E-state index in [0.717, 1.165) is 11.3 Å². The van der Waals surface area contributed by atoms with E-state index in [2.05, 4.69) is 23.6 Å². The lowest BCUT2D eigenvalue weighted by Gasteiger charge is -2.12. The molecule has 2 N–H and O–H groups in total. The highest BCUT2D eigenvalue weighted by atomic mass is 16.5. The van der Waals surface area contributed by atoms with Gasteiger partial charge >= 0.3 is 6.03 Å². The monoisotopic (exact) mass is 323 g/mol. The maximum atomic E-state index is 11.8. The third-order valence-corrected chi connectivity index (χ3v) is 3.71. The lowest BCUT2D eigenvalue weighted by molar-refractivity contribution is 0.247. The fourth-order valence-corrected chi connectivity index (χ4v) is 2.22. The minimum absolute atomic E-state index is 0.305. The van der Waals surface area contributed by atoms with Crippen molar-refractivity contribution in [3.8, 4) is 11.8 Å². The number of anilines is 1. The zero-order valence-corrected chi connectivity index (χ0v) is 14.1. The van der Waals surface area contributed by atoms with Crippen LogP contribution < -0.4 is 15.4 Å². The van der Waals surface area contributed by atoms with Crippen LogP contribution in [0.3, 0.4) is 0 Å². The minimum atomic E-state index is -0.305. The van der Waals surface area contributed by atoms with Gasteiger partial charge in [-0.15, -0.1) is 0 Å². The minimum Gasteiger partial charge on any atom is -0.491 e. The van der Waals surface area contributed by atoms with E-state index in [1.165, 1.54) is 11.1 Å². The molecule has 2 rings (SSSR count). The maximum Gasteiger partial charge on any atom is 0.319 e. The zero-order valence-electron chi connectivity index (χ0n) is 14.1. The van der Waals surface area contributed by atoms with Crippen molar-refractivity contribution in [2.24, 2.45) is 0 Å². The number of hydrogen-bond donors (Lipinski definition) is 2. The number of nitrogens with one attached hydrogen (secondary N) is 2. The second-order valence-corrected chi connectivity index (χ2v) is 5.62. The predicted molar refractivity (Wildman–Crippen MR) is 94.3 cm³/mol. The van der Waals surface area contributed by atoms with E-state index in [9.17, 15) is 4.79 Å². The molecule has 0 atom stereocenters. The molecule has 2 amide bonds. The molecule has 0 aliphatic carbocycles. The fourth-order valence-electron chi connectivity index (χ4n) is 2.22. The summed E-state index contributed by atoms with van der Waals surface area (Å²) in [6.07, 6.45) is 0. The van der Waals surface area contributed by atoms with Gasteiger partial charge in [0.15, 0.2) is 0 Å². The second kappa shape index (κ2) is 8.02. The molecule has 0 radical (unpaired) electrons. The number of carbonyl (C=O) groups is 1. The summed E-state index contributed by atoms with van der Waals surface area (Å²) in [6, 6.07) is 12.5. The first-order chi connectivity index (χ1) is 11.5. The number of urea groups is 1. The van der Waals surface area contributed by atoms with Gasteiger partial charge in [-0.1, -0.05) is 6.07 Å². The van der Waals surface area contributed by atoms with Gasteiger partial charge in [-0.25, -0.2) is 4.79 Å². The van der Waals surface area contributed by atoms with Crippen LogP contribution in [-0.4, -0.2) is 19.2 Å². The maximum absolute atomic E-state index is 11.8. The van der Waals surface area contributed by atoms with Crippen molar-refractivity contribution in [3.05, 3.63) is 58.7 Å². The smallest absolute Gasteiger partial charge is 0.319 e. The van der Waals surface area contributed by atoms with E-state index in [-0.39, 0.29) is 6.03 Å². The van der Waals surface area contributed by atoms with Gasteiger partial charge in [-0.05, 0) is 67.8 Å². The van der Waals surface area contributed by atoms with Gasteiger partial charge in [-0.2, -0.15) is 5.26 Å². The molecule has 0 fully saturated rings. The standard InChI is InChI=1S/C19H21N3O2/c1-13-10-15(3)18(11-14(13)2)24-9-8-21-19(23)22-17-6-4-16(12-20)5-7-17/h4-7,10-11H,8-9H2,1-3H3,(H2,21,22,23). The lowest BCUT2D eigenvalue weighted by Crippen LogP contribution is -2.32. The van der Waals surface area contributed by atoms with Gasteiger partial charge in [-0.3, -0.25) is 0 Å². The van der Waals surface area contributed by atoms with Crippen LogP contribution in [0.1, 0.15) is 22.3 Å². The van der Waals surface area contributed by atoms with Crippen LogP contribution in [0.5, 0.6) is 5.75 Å². The molecule has 0 aromatic heterocycles. The molecule has 0 aliphatic heterocycles. The molecule has 124 valence electrons. The van der Waals surface area contributed by atoms with Crippen LogP contribution in [0.4, 0.5) is 10.5 Å². The quantitative estimate of drug-likeness (QED) is 0.824. The lowest BCUT2D eigenvalue weighted by atomic mass is 10.1. The number of aryl methyl sites for hydroxylation is 3. The van der Waals surface area contributed by atoms with E-state index in [1.807, 2.05) is 26.0 Å². The first-order valence-corrected chi connectivity index (χ1v) is 7.75. The SMILES string of the molecule is Cc1cc(C)c(OCCNC(=O)Nc2ccc(C#N)cc2)cc1C. The van der Waals surface area contributed by atoms with Crippen LogP contribution in [0.25, 0.3) is 0 Å². The summed E-state index contributed by atoms with van der Waals surface area (Å²) in [7, 11) is 0. The highest BCUT2D eigenvalue weighted by Crippen LogP contribution is 2.22. The first-order valence-electron chi connectivity index (χ1n) is 7.75. The van der Waals surface area contributed by atoms with Crippen molar-refractivity contribution in [2.75, 3.05) is 18.5 Å². The third kappa shape index (κ3) is 4.75. The number of nitriles is 1. The summed E-state index contributed by atoms with van der Waals surface area (Å²) < 4.78 is 5.72. The highest BCUT2D eigenvalue weighted by Gasteiger charge is 2.04. The van der Waals surface area contributed by atoms with E-state index in [1.54, 1.807) is 24.3 Å². The van der Waals surface area contributed by atoms with Crippen LogP contribution >= 0.6 is 0 Å². The topological polar surface area (TPSA) is 74.2 Å². The van der Waals surface area contributed by atoms with Crippen molar-refractivity contribution < 1.29 is 9.53 Å². The van der Waals surface area contributed by atoms with Gasteiger partial charge < -0.3 is 15.4 Å². The molecule has 0 bridgehead atoms. The number of hydrogen-bond acceptors (Lipinski definition) is 3. The Morgan fingerprint density at radius 1 is 1.08 bits per heavy atom. The number of nitrogens with zero attached hydrogens (tertiary/aromatic N) is 1. The molecule has 2 aromatic rings. The van der Waals surface area contributed by atoms with Crippen molar-refractivity contribution in [1.29, 1.82) is 5.26 Å². The van der Waals surface area contributed by atoms with Gasteiger partial charge in [0.05, 0.1) is 18.2 Å². The molecule has 5 heteroatoms. The number of amides is 2. The fraction of sp³-hybridized carbons (Fsp3) is 0.263. The average molecular weight is 323 g/mol. The summed E-state index contributed by atoms with van der Waals surface area (Å²) in [5.74, 6) is 0.840. The average Bonchev–Trinajstić information content (AvgIpc) is 2.56. The van der Waals surface area contributed by atoms with Crippen LogP contribution in [-0.2, 0) is 0 Å². The summed E-state index contributed by atoms with van der Waals surface area (Å²) in [6.45, 7) is 6.91. The van der Waals surface area contributed by atoms with E-state index in [4.69, 9.17) is 10.00 Å². The summed E-state index contributed by atoms with van der Waals surface area (Å²) >= 11 is 0. The molecule has 0 saturated carbocycles. The Bertz CT molecular complexity index is 761. The first kappa shape index (κ1) is 17.4. The van der Waals surface area contributed by atoms with Gasteiger partial charge in [0.1, 0.15) is 12.4 Å². The molecule has 5 nitrogen and oxygen atoms in total. The molecular weight excluding hydrogens is 302 g/mol. The summed E-state index contributed by atoms with van der Waals surface area (Å²) in [5.41, 5.74) is 4.69. The van der Waals surface area contributed by atoms with Gasteiger partial charge in [0.25, 0.3) is 0 Å². The van der Waals surface area contributed by atoms with E-state index >= 15 is 0 Å². The van der Waals surface area contributed by atoms with Crippen LogP contribution in [0.2, 0.25) is 0 Å². The zero-order chi connectivity index (χ0) is 17.5. The molecule has 2 aromatic carbocycles. The Kier molecular flexibility index (Phi) is 5.80. The molecule has 0 heterocycles. The molecule has 0 aliphatic rings. The second-order valence-electron chi connectivity index (χ2n) is 5.62. The van der Waals surface area contributed by atoms with Crippen molar-refractivity contribution in [1.82, 2.24) is 5.32 Å². The molecule has 24 heavy (non-hydrogen) atoms. The van der Waals surface area contributed by atoms with Crippen LogP contribution in [0.15, 0.2) is 36.4 Å².